The van der Waals surface area contributed by atoms with Crippen LogP contribution in [0, 0.1) is 0 Å². The van der Waals surface area contributed by atoms with Gasteiger partial charge in [0.05, 0.1) is 10.6 Å². The predicted octanol–water partition coefficient (Wildman–Crippen LogP) is 3.93. The Balaban J connectivity index is 1.92. The molecule has 0 saturated carbocycles. The number of carbonyl (C=O) groups excluding carboxylic acids is 1. The van der Waals surface area contributed by atoms with Crippen molar-refractivity contribution in [3.05, 3.63) is 94.2 Å². The Morgan fingerprint density at radius 1 is 0.818 bits per heavy atom. The zero-order valence-electron chi connectivity index (χ0n) is 11.8. The highest BCUT2D eigenvalue weighted by atomic mass is 32.1. The van der Waals surface area contributed by atoms with Crippen LogP contribution < -0.4 is 5.43 Å². The Morgan fingerprint density at radius 2 is 1.41 bits per heavy atom. The first-order chi connectivity index (χ1) is 10.8. The molecule has 3 rings (SSSR count). The second-order valence-electron chi connectivity index (χ2n) is 4.61. The van der Waals surface area contributed by atoms with Gasteiger partial charge in [-0.2, -0.15) is 5.10 Å². The molecule has 4 heteroatoms. The zero-order chi connectivity index (χ0) is 15.2. The molecule has 3 nitrogen and oxygen atoms in total. The Morgan fingerprint density at radius 3 is 1.91 bits per heavy atom. The zero-order valence-corrected chi connectivity index (χ0v) is 12.6. The maximum absolute atomic E-state index is 12.1. The van der Waals surface area contributed by atoms with E-state index in [-0.39, 0.29) is 5.91 Å². The van der Waals surface area contributed by atoms with Crippen molar-refractivity contribution in [1.82, 2.24) is 5.43 Å². The number of amides is 1. The monoisotopic (exact) mass is 306 g/mol. The van der Waals surface area contributed by atoms with Crippen LogP contribution >= 0.6 is 11.3 Å². The number of carbonyl (C=O) groups is 1. The van der Waals surface area contributed by atoms with E-state index in [1.165, 1.54) is 11.3 Å². The van der Waals surface area contributed by atoms with Crippen molar-refractivity contribution in [1.29, 1.82) is 0 Å². The summed E-state index contributed by atoms with van der Waals surface area (Å²) >= 11 is 1.39. The Kier molecular flexibility index (Phi) is 4.41. The maximum Gasteiger partial charge on any atom is 0.281 e. The minimum Gasteiger partial charge on any atom is -0.266 e. The van der Waals surface area contributed by atoms with Gasteiger partial charge in [-0.3, -0.25) is 4.79 Å². The van der Waals surface area contributed by atoms with Crippen molar-refractivity contribution in [2.24, 2.45) is 5.10 Å². The van der Waals surface area contributed by atoms with E-state index in [2.05, 4.69) is 10.5 Å². The van der Waals surface area contributed by atoms with Crippen molar-refractivity contribution in [3.8, 4) is 0 Å². The van der Waals surface area contributed by atoms with E-state index in [4.69, 9.17) is 0 Å². The fourth-order valence-corrected chi connectivity index (χ4v) is 2.67. The fraction of sp³-hybridized carbons (Fsp3) is 0. The molecule has 1 amide bonds. The van der Waals surface area contributed by atoms with Crippen molar-refractivity contribution < 1.29 is 4.79 Å². The van der Waals surface area contributed by atoms with Gasteiger partial charge in [-0.1, -0.05) is 66.7 Å². The van der Waals surface area contributed by atoms with Gasteiger partial charge in [-0.15, -0.1) is 11.3 Å². The molecule has 0 radical (unpaired) electrons. The normalized spacial score (nSPS) is 10.0. The molecule has 0 aliphatic rings. The molecular weight excluding hydrogens is 292 g/mol. The average Bonchev–Trinajstić information content (AvgIpc) is 3.11. The third-order valence-corrected chi connectivity index (χ3v) is 3.98. The summed E-state index contributed by atoms with van der Waals surface area (Å²) in [7, 11) is 0. The van der Waals surface area contributed by atoms with Gasteiger partial charge in [0.15, 0.2) is 0 Å². The fourth-order valence-electron chi connectivity index (χ4n) is 2.06. The first-order valence-corrected chi connectivity index (χ1v) is 7.75. The number of hydrazone groups is 1. The number of thiophene rings is 1. The molecule has 0 fully saturated rings. The highest BCUT2D eigenvalue weighted by Gasteiger charge is 2.09. The number of rotatable bonds is 4. The number of nitrogens with one attached hydrogen (secondary N) is 1. The van der Waals surface area contributed by atoms with E-state index in [1.807, 2.05) is 72.1 Å². The number of benzene rings is 2. The molecule has 0 spiro atoms. The molecule has 1 N–H and O–H groups in total. The van der Waals surface area contributed by atoms with Gasteiger partial charge in [0.25, 0.3) is 5.91 Å². The largest absolute Gasteiger partial charge is 0.281 e. The first kappa shape index (κ1) is 14.2. The molecule has 1 aromatic heterocycles. The van der Waals surface area contributed by atoms with Crippen LogP contribution in [0.5, 0.6) is 0 Å². The van der Waals surface area contributed by atoms with Gasteiger partial charge < -0.3 is 0 Å². The minimum atomic E-state index is -0.195. The summed E-state index contributed by atoms with van der Waals surface area (Å²) in [5.41, 5.74) is 5.30. The molecule has 108 valence electrons. The van der Waals surface area contributed by atoms with Gasteiger partial charge in [0, 0.05) is 11.1 Å². The number of hydrogen-bond donors (Lipinski definition) is 1. The maximum atomic E-state index is 12.1. The topological polar surface area (TPSA) is 41.5 Å². The molecule has 0 aliphatic heterocycles. The predicted molar refractivity (Wildman–Crippen MR) is 90.3 cm³/mol. The Hall–Kier alpha value is -2.72. The molecule has 22 heavy (non-hydrogen) atoms. The molecule has 1 heterocycles. The van der Waals surface area contributed by atoms with Gasteiger partial charge in [0.2, 0.25) is 0 Å². The van der Waals surface area contributed by atoms with Crippen molar-refractivity contribution in [3.63, 3.8) is 0 Å². The summed E-state index contributed by atoms with van der Waals surface area (Å²) in [4.78, 5) is 12.7. The highest BCUT2D eigenvalue weighted by Crippen LogP contribution is 2.11. The standard InChI is InChI=1S/C18H14N2OS/c21-18(16-12-7-13-22-16)20-19-17(14-8-3-1-4-9-14)15-10-5-2-6-11-15/h1-13H,(H,20,21). The summed E-state index contributed by atoms with van der Waals surface area (Å²) in [5, 5.41) is 6.21. The minimum absolute atomic E-state index is 0.195. The van der Waals surface area contributed by atoms with Gasteiger partial charge in [0.1, 0.15) is 0 Å². The summed E-state index contributed by atoms with van der Waals surface area (Å²) in [6.45, 7) is 0. The van der Waals surface area contributed by atoms with E-state index in [1.54, 1.807) is 6.07 Å². The van der Waals surface area contributed by atoms with Crippen LogP contribution in [-0.4, -0.2) is 11.6 Å². The van der Waals surface area contributed by atoms with Crippen molar-refractivity contribution in [2.75, 3.05) is 0 Å². The third kappa shape index (κ3) is 3.30. The van der Waals surface area contributed by atoms with Gasteiger partial charge in [-0.05, 0) is 11.4 Å². The van der Waals surface area contributed by atoms with E-state index >= 15 is 0 Å². The molecule has 0 saturated heterocycles. The van der Waals surface area contributed by atoms with Crippen LogP contribution in [0.2, 0.25) is 0 Å². The number of nitrogens with zero attached hydrogens (tertiary/aromatic N) is 1. The van der Waals surface area contributed by atoms with Crippen molar-refractivity contribution >= 4 is 23.0 Å². The third-order valence-electron chi connectivity index (χ3n) is 3.11. The molecule has 0 aliphatic carbocycles. The lowest BCUT2D eigenvalue weighted by atomic mass is 10.0. The average molecular weight is 306 g/mol. The van der Waals surface area contributed by atoms with E-state index in [0.29, 0.717) is 4.88 Å². The lowest BCUT2D eigenvalue weighted by Crippen LogP contribution is -2.19. The molecule has 0 bridgehead atoms. The molecule has 0 atom stereocenters. The summed E-state index contributed by atoms with van der Waals surface area (Å²) in [6, 6.07) is 23.2. The summed E-state index contributed by atoms with van der Waals surface area (Å²) < 4.78 is 0. The summed E-state index contributed by atoms with van der Waals surface area (Å²) in [6.07, 6.45) is 0. The molecule has 3 aromatic rings. The Bertz CT molecular complexity index is 724. The van der Waals surface area contributed by atoms with Gasteiger partial charge >= 0.3 is 0 Å². The second kappa shape index (κ2) is 6.83. The quantitative estimate of drug-likeness (QED) is 0.576. The second-order valence-corrected chi connectivity index (χ2v) is 5.56. The lowest BCUT2D eigenvalue weighted by Gasteiger charge is -2.07. The van der Waals surface area contributed by atoms with Crippen LogP contribution in [-0.2, 0) is 0 Å². The highest BCUT2D eigenvalue weighted by molar-refractivity contribution is 7.12. The van der Waals surface area contributed by atoms with Crippen LogP contribution in [0.25, 0.3) is 0 Å². The lowest BCUT2D eigenvalue weighted by molar-refractivity contribution is 0.0959. The number of hydrogen-bond acceptors (Lipinski definition) is 3. The first-order valence-electron chi connectivity index (χ1n) is 6.87. The van der Waals surface area contributed by atoms with Crippen LogP contribution in [0.15, 0.2) is 83.3 Å². The van der Waals surface area contributed by atoms with Crippen molar-refractivity contribution in [2.45, 2.75) is 0 Å². The molecule has 2 aromatic carbocycles. The summed E-state index contributed by atoms with van der Waals surface area (Å²) in [5.74, 6) is -0.195. The molecule has 0 unspecified atom stereocenters. The molecular formula is C18H14N2OS. The smallest absolute Gasteiger partial charge is 0.266 e. The van der Waals surface area contributed by atoms with Crippen LogP contribution in [0.1, 0.15) is 20.8 Å². The van der Waals surface area contributed by atoms with E-state index in [9.17, 15) is 4.79 Å². The van der Waals surface area contributed by atoms with Gasteiger partial charge in [-0.25, -0.2) is 5.43 Å². The van der Waals surface area contributed by atoms with E-state index in [0.717, 1.165) is 16.8 Å². The van der Waals surface area contributed by atoms with Crippen LogP contribution in [0.4, 0.5) is 0 Å². The van der Waals surface area contributed by atoms with Crippen LogP contribution in [0.3, 0.4) is 0 Å². The van der Waals surface area contributed by atoms with E-state index < -0.39 is 0 Å². The SMILES string of the molecule is O=C(NN=C(c1ccccc1)c1ccccc1)c1cccs1. The Labute approximate surface area is 132 Å².